The molecular formula is C24H21F3N4O2. The molecule has 6 nitrogen and oxygen atoms in total. The van der Waals surface area contributed by atoms with E-state index in [1.807, 2.05) is 4.90 Å². The topological polar surface area (TPSA) is 58.6 Å². The van der Waals surface area contributed by atoms with Crippen molar-refractivity contribution < 1.29 is 22.7 Å². The molecule has 9 heteroatoms. The van der Waals surface area contributed by atoms with Crippen LogP contribution in [-0.4, -0.2) is 58.0 Å². The zero-order chi connectivity index (χ0) is 23.0. The molecule has 0 spiro atoms. The fourth-order valence-corrected chi connectivity index (χ4v) is 4.28. The van der Waals surface area contributed by atoms with E-state index in [4.69, 9.17) is 4.74 Å². The van der Waals surface area contributed by atoms with Crippen molar-refractivity contribution in [2.45, 2.75) is 18.8 Å². The van der Waals surface area contributed by atoms with Crippen molar-refractivity contribution in [3.05, 3.63) is 77.9 Å². The van der Waals surface area contributed by atoms with Gasteiger partial charge < -0.3 is 9.64 Å². The first-order valence-corrected chi connectivity index (χ1v) is 10.6. The third kappa shape index (κ3) is 4.41. The summed E-state index contributed by atoms with van der Waals surface area (Å²) in [5.41, 5.74) is 0.988. The van der Waals surface area contributed by atoms with E-state index in [0.717, 1.165) is 18.0 Å². The Morgan fingerprint density at radius 1 is 1.00 bits per heavy atom. The molecule has 2 aliphatic heterocycles. The van der Waals surface area contributed by atoms with E-state index in [2.05, 4.69) is 14.9 Å². The van der Waals surface area contributed by atoms with Crippen molar-refractivity contribution in [2.75, 3.05) is 26.2 Å². The van der Waals surface area contributed by atoms with Gasteiger partial charge in [0.1, 0.15) is 18.2 Å². The van der Waals surface area contributed by atoms with E-state index in [1.54, 1.807) is 36.7 Å². The number of piperazine rings is 1. The number of carbonyl (C=O) groups excluding carboxylic acids is 1. The molecule has 1 saturated heterocycles. The molecule has 3 aromatic rings. The van der Waals surface area contributed by atoms with E-state index >= 15 is 0 Å². The number of fused-ring (bicyclic) bond motifs is 2. The molecule has 0 N–H and O–H groups in total. The molecule has 5 rings (SSSR count). The molecule has 0 unspecified atom stereocenters. The second-order valence-electron chi connectivity index (χ2n) is 8.15. The highest BCUT2D eigenvalue weighted by molar-refractivity contribution is 5.99. The van der Waals surface area contributed by atoms with Crippen LogP contribution in [-0.2, 0) is 12.7 Å². The van der Waals surface area contributed by atoms with E-state index in [-0.39, 0.29) is 11.9 Å². The summed E-state index contributed by atoms with van der Waals surface area (Å²) in [5.74, 6) is 1.09. The Labute approximate surface area is 188 Å². The lowest BCUT2D eigenvalue weighted by Gasteiger charge is -2.39. The van der Waals surface area contributed by atoms with Crippen LogP contribution in [0.4, 0.5) is 13.2 Å². The third-order valence-electron chi connectivity index (χ3n) is 6.00. The molecule has 0 bridgehead atoms. The summed E-state index contributed by atoms with van der Waals surface area (Å²) in [6.07, 6.45) is -0.969. The quantitative estimate of drug-likeness (QED) is 0.601. The van der Waals surface area contributed by atoms with Crippen molar-refractivity contribution in [3.8, 4) is 16.9 Å². The molecular weight excluding hydrogens is 433 g/mol. The maximum Gasteiger partial charge on any atom is 0.416 e. The lowest BCUT2D eigenvalue weighted by molar-refractivity contribution is -0.137. The van der Waals surface area contributed by atoms with Crippen LogP contribution in [0.3, 0.4) is 0 Å². The molecule has 33 heavy (non-hydrogen) atoms. The summed E-state index contributed by atoms with van der Waals surface area (Å²) in [5, 5.41) is 0. The number of benzene rings is 2. The second kappa shape index (κ2) is 8.47. The Morgan fingerprint density at radius 3 is 2.45 bits per heavy atom. The average Bonchev–Trinajstić information content (AvgIpc) is 2.95. The van der Waals surface area contributed by atoms with Gasteiger partial charge in [-0.25, -0.2) is 9.97 Å². The summed E-state index contributed by atoms with van der Waals surface area (Å²) in [7, 11) is 0. The summed E-state index contributed by atoms with van der Waals surface area (Å²) in [6, 6.07) is 11.8. The maximum atomic E-state index is 13.4. The van der Waals surface area contributed by atoms with Crippen LogP contribution < -0.4 is 4.74 Å². The van der Waals surface area contributed by atoms with Crippen LogP contribution in [0.1, 0.15) is 21.7 Å². The molecule has 2 aliphatic rings. The third-order valence-corrected chi connectivity index (χ3v) is 6.00. The minimum Gasteiger partial charge on any atom is -0.491 e. The van der Waals surface area contributed by atoms with Crippen molar-refractivity contribution in [3.63, 3.8) is 0 Å². The number of nitrogens with zero attached hydrogens (tertiary/aromatic N) is 4. The predicted molar refractivity (Wildman–Crippen MR) is 115 cm³/mol. The van der Waals surface area contributed by atoms with Gasteiger partial charge in [-0.05, 0) is 41.5 Å². The molecule has 170 valence electrons. The van der Waals surface area contributed by atoms with Gasteiger partial charge >= 0.3 is 6.18 Å². The van der Waals surface area contributed by atoms with Crippen LogP contribution in [0.2, 0.25) is 0 Å². The highest BCUT2D eigenvalue weighted by atomic mass is 19.4. The van der Waals surface area contributed by atoms with Crippen molar-refractivity contribution in [1.82, 2.24) is 19.8 Å². The van der Waals surface area contributed by atoms with E-state index in [1.165, 1.54) is 12.1 Å². The van der Waals surface area contributed by atoms with Crippen LogP contribution >= 0.6 is 0 Å². The number of rotatable bonds is 3. The Kier molecular flexibility index (Phi) is 5.49. The summed E-state index contributed by atoms with van der Waals surface area (Å²) in [6.45, 7) is 2.84. The second-order valence-corrected chi connectivity index (χ2v) is 8.15. The SMILES string of the molecule is O=C1c2cc(-c3ccc(C(F)(F)F)cc3)ccc2OC[C@H]2CN(Cc3ncccn3)CCN12. The predicted octanol–water partition coefficient (Wildman–Crippen LogP) is 3.88. The van der Waals surface area contributed by atoms with Crippen LogP contribution in [0, 0.1) is 0 Å². The van der Waals surface area contributed by atoms with E-state index in [0.29, 0.717) is 55.2 Å². The average molecular weight is 454 g/mol. The molecule has 0 saturated carbocycles. The summed E-state index contributed by atoms with van der Waals surface area (Å²) >= 11 is 0. The lowest BCUT2D eigenvalue weighted by Crippen LogP contribution is -2.56. The smallest absolute Gasteiger partial charge is 0.416 e. The Hall–Kier alpha value is -3.46. The zero-order valence-electron chi connectivity index (χ0n) is 17.6. The van der Waals surface area contributed by atoms with Gasteiger partial charge in [-0.1, -0.05) is 18.2 Å². The van der Waals surface area contributed by atoms with Gasteiger partial charge in [0.15, 0.2) is 0 Å². The van der Waals surface area contributed by atoms with E-state index < -0.39 is 11.7 Å². The van der Waals surface area contributed by atoms with Crippen molar-refractivity contribution in [1.29, 1.82) is 0 Å². The highest BCUT2D eigenvalue weighted by Gasteiger charge is 2.36. The number of hydrogen-bond donors (Lipinski definition) is 0. The first-order chi connectivity index (χ1) is 15.9. The number of carbonyl (C=O) groups is 1. The molecule has 1 aromatic heterocycles. The van der Waals surface area contributed by atoms with E-state index in [9.17, 15) is 18.0 Å². The molecule has 2 aromatic carbocycles. The van der Waals surface area contributed by atoms with Gasteiger partial charge in [-0.3, -0.25) is 9.69 Å². The Bertz CT molecular complexity index is 1150. The summed E-state index contributed by atoms with van der Waals surface area (Å²) < 4.78 is 44.6. The number of amides is 1. The standard InChI is InChI=1S/C24H21F3N4O2/c25-24(26,27)18-5-2-16(3-6-18)17-4-7-21-20(12-17)23(32)31-11-10-30(13-19(31)15-33-21)14-22-28-8-1-9-29-22/h1-9,12,19H,10-11,13-15H2/t19-/m1/s1. The minimum absolute atomic E-state index is 0.114. The number of hydrogen-bond acceptors (Lipinski definition) is 5. The number of ether oxygens (including phenoxy) is 1. The largest absolute Gasteiger partial charge is 0.491 e. The first kappa shape index (κ1) is 21.4. The number of aromatic nitrogens is 2. The van der Waals surface area contributed by atoms with Gasteiger partial charge in [0.25, 0.3) is 5.91 Å². The fourth-order valence-electron chi connectivity index (χ4n) is 4.28. The maximum absolute atomic E-state index is 13.4. The molecule has 3 heterocycles. The minimum atomic E-state index is -4.39. The van der Waals surface area contributed by atoms with Gasteiger partial charge in [0.2, 0.25) is 0 Å². The zero-order valence-corrected chi connectivity index (χ0v) is 17.6. The van der Waals surface area contributed by atoms with Crippen LogP contribution in [0.25, 0.3) is 11.1 Å². The normalized spacial score (nSPS) is 18.8. The summed E-state index contributed by atoms with van der Waals surface area (Å²) in [4.78, 5) is 25.9. The monoisotopic (exact) mass is 454 g/mol. The molecule has 1 atom stereocenters. The van der Waals surface area contributed by atoms with Gasteiger partial charge in [0.05, 0.1) is 23.7 Å². The fraction of sp³-hybridized carbons (Fsp3) is 0.292. The Morgan fingerprint density at radius 2 is 1.73 bits per heavy atom. The molecule has 1 fully saturated rings. The molecule has 0 radical (unpaired) electrons. The first-order valence-electron chi connectivity index (χ1n) is 10.6. The number of alkyl halides is 3. The van der Waals surface area contributed by atoms with Gasteiger partial charge in [0, 0.05) is 32.0 Å². The van der Waals surface area contributed by atoms with Crippen LogP contribution in [0.15, 0.2) is 60.9 Å². The van der Waals surface area contributed by atoms with Gasteiger partial charge in [-0.2, -0.15) is 13.2 Å². The highest BCUT2D eigenvalue weighted by Crippen LogP contribution is 2.34. The molecule has 0 aliphatic carbocycles. The molecule has 1 amide bonds. The van der Waals surface area contributed by atoms with Gasteiger partial charge in [-0.15, -0.1) is 0 Å². The van der Waals surface area contributed by atoms with Crippen molar-refractivity contribution in [2.24, 2.45) is 0 Å². The van der Waals surface area contributed by atoms with Crippen LogP contribution in [0.5, 0.6) is 5.75 Å². The lowest BCUT2D eigenvalue weighted by atomic mass is 10.00. The number of halogens is 3. The van der Waals surface area contributed by atoms with Crippen molar-refractivity contribution >= 4 is 5.91 Å². The Balaban J connectivity index is 1.35.